The van der Waals surface area contributed by atoms with Crippen molar-refractivity contribution in [2.24, 2.45) is 0 Å². The average Bonchev–Trinajstić information content (AvgIpc) is 3.00. The lowest BCUT2D eigenvalue weighted by molar-refractivity contribution is -0.390. The van der Waals surface area contributed by atoms with E-state index in [2.05, 4.69) is 36.5 Å². The van der Waals surface area contributed by atoms with Gasteiger partial charge in [-0.3, -0.25) is 9.89 Å². The number of aromatic nitrogens is 4. The summed E-state index contributed by atoms with van der Waals surface area (Å²) in [6, 6.07) is 0. The van der Waals surface area contributed by atoms with Crippen LogP contribution in [-0.4, -0.2) is 30.8 Å². The maximum absolute atomic E-state index is 12.8. The highest BCUT2D eigenvalue weighted by Gasteiger charge is 2.38. The van der Waals surface area contributed by atoms with Crippen LogP contribution in [0.4, 0.5) is 24.7 Å². The number of carbonyl (C=O) groups is 1. The molecule has 2 N–H and O–H groups in total. The Labute approximate surface area is 140 Å². The van der Waals surface area contributed by atoms with Gasteiger partial charge in [-0.2, -0.15) is 23.0 Å². The van der Waals surface area contributed by atoms with Gasteiger partial charge >= 0.3 is 12.0 Å². The van der Waals surface area contributed by atoms with Gasteiger partial charge in [-0.15, -0.1) is 0 Å². The molecule has 0 unspecified atom stereocenters. The minimum Gasteiger partial charge on any atom is -0.358 e. The van der Waals surface area contributed by atoms with Crippen LogP contribution in [0.2, 0.25) is 0 Å². The van der Waals surface area contributed by atoms with Crippen LogP contribution in [-0.2, 0) is 17.5 Å². The zero-order valence-corrected chi connectivity index (χ0v) is 13.6. The Morgan fingerprint density at radius 3 is 2.75 bits per heavy atom. The summed E-state index contributed by atoms with van der Waals surface area (Å²) in [5, 5.41) is 21.7. The van der Waals surface area contributed by atoms with E-state index in [-0.39, 0.29) is 23.1 Å². The van der Waals surface area contributed by atoms with Crippen molar-refractivity contribution in [1.82, 2.24) is 20.0 Å². The SMILES string of the molecule is Cc1[nH]nc(C(F)(F)F)c1NC(=O)CCn1cc(Br)c([N+](=O)[O-])n1. The van der Waals surface area contributed by atoms with E-state index in [0.717, 1.165) is 4.68 Å². The second kappa shape index (κ2) is 6.59. The number of nitrogens with zero attached hydrogens (tertiary/aromatic N) is 4. The second-order valence-corrected chi connectivity index (χ2v) is 5.54. The minimum absolute atomic E-state index is 0.0451. The Hall–Kier alpha value is -2.44. The maximum Gasteiger partial charge on any atom is 0.437 e. The van der Waals surface area contributed by atoms with E-state index in [4.69, 9.17) is 0 Å². The van der Waals surface area contributed by atoms with Crippen LogP contribution in [0.15, 0.2) is 10.7 Å². The molecule has 0 aliphatic heterocycles. The van der Waals surface area contributed by atoms with Gasteiger partial charge in [0.05, 0.1) is 29.2 Å². The van der Waals surface area contributed by atoms with Crippen molar-refractivity contribution in [3.05, 3.63) is 32.2 Å². The first-order valence-electron chi connectivity index (χ1n) is 6.39. The highest BCUT2D eigenvalue weighted by atomic mass is 79.9. The number of rotatable bonds is 5. The Kier molecular flexibility index (Phi) is 4.91. The number of aromatic amines is 1. The number of nitro groups is 1. The molecule has 130 valence electrons. The molecule has 0 spiro atoms. The van der Waals surface area contributed by atoms with Crippen LogP contribution in [0.3, 0.4) is 0 Å². The summed E-state index contributed by atoms with van der Waals surface area (Å²) in [5.74, 6) is -1.13. The molecule has 0 fully saturated rings. The number of hydrogen-bond donors (Lipinski definition) is 2. The number of amides is 1. The first kappa shape index (κ1) is 17.9. The van der Waals surface area contributed by atoms with E-state index >= 15 is 0 Å². The number of aryl methyl sites for hydroxylation is 2. The molecular formula is C11H10BrF3N6O3. The van der Waals surface area contributed by atoms with Gasteiger partial charge in [-0.1, -0.05) is 0 Å². The number of nitrogens with one attached hydrogen (secondary N) is 2. The van der Waals surface area contributed by atoms with Crippen molar-refractivity contribution in [3.8, 4) is 0 Å². The lowest BCUT2D eigenvalue weighted by Gasteiger charge is -2.08. The van der Waals surface area contributed by atoms with Gasteiger partial charge in [0.2, 0.25) is 5.91 Å². The molecule has 13 heteroatoms. The molecule has 9 nitrogen and oxygen atoms in total. The van der Waals surface area contributed by atoms with Gasteiger partial charge in [0.1, 0.15) is 4.47 Å². The van der Waals surface area contributed by atoms with Gasteiger partial charge in [-0.05, 0) is 27.8 Å². The zero-order valence-electron chi connectivity index (χ0n) is 12.0. The Morgan fingerprint density at radius 1 is 1.54 bits per heavy atom. The summed E-state index contributed by atoms with van der Waals surface area (Å²) < 4.78 is 39.6. The van der Waals surface area contributed by atoms with Crippen molar-refractivity contribution in [2.75, 3.05) is 5.32 Å². The van der Waals surface area contributed by atoms with Gasteiger partial charge in [0.25, 0.3) is 0 Å². The predicted octanol–water partition coefficient (Wildman–Crippen LogP) is 2.63. The Balaban J connectivity index is 2.03. The maximum atomic E-state index is 12.8. The molecule has 2 heterocycles. The Morgan fingerprint density at radius 2 is 2.21 bits per heavy atom. The smallest absolute Gasteiger partial charge is 0.358 e. The summed E-state index contributed by atoms with van der Waals surface area (Å²) in [6.45, 7) is 1.29. The van der Waals surface area contributed by atoms with E-state index in [1.54, 1.807) is 0 Å². The summed E-state index contributed by atoms with van der Waals surface area (Å²) >= 11 is 2.95. The predicted molar refractivity (Wildman–Crippen MR) is 78.2 cm³/mol. The number of halogens is 4. The zero-order chi connectivity index (χ0) is 18.1. The summed E-state index contributed by atoms with van der Waals surface area (Å²) in [5.41, 5.74) is -1.60. The van der Waals surface area contributed by atoms with Crippen LogP contribution in [0, 0.1) is 17.0 Å². The lowest BCUT2D eigenvalue weighted by atomic mass is 10.2. The third kappa shape index (κ3) is 3.90. The Bertz CT molecular complexity index is 785. The molecule has 0 atom stereocenters. The van der Waals surface area contributed by atoms with Crippen LogP contribution in [0.1, 0.15) is 17.8 Å². The van der Waals surface area contributed by atoms with Gasteiger partial charge in [-0.25, -0.2) is 0 Å². The molecule has 1 amide bonds. The van der Waals surface area contributed by atoms with Crippen LogP contribution in [0.5, 0.6) is 0 Å². The van der Waals surface area contributed by atoms with Crippen LogP contribution in [0.25, 0.3) is 0 Å². The van der Waals surface area contributed by atoms with Crippen molar-refractivity contribution < 1.29 is 22.9 Å². The van der Waals surface area contributed by atoms with Crippen molar-refractivity contribution in [1.29, 1.82) is 0 Å². The first-order valence-corrected chi connectivity index (χ1v) is 7.18. The van der Waals surface area contributed by atoms with Crippen LogP contribution >= 0.6 is 15.9 Å². The van der Waals surface area contributed by atoms with Gasteiger partial charge < -0.3 is 15.4 Å². The van der Waals surface area contributed by atoms with E-state index < -0.39 is 34.2 Å². The van der Waals surface area contributed by atoms with E-state index in [1.807, 2.05) is 0 Å². The molecule has 24 heavy (non-hydrogen) atoms. The topological polar surface area (TPSA) is 119 Å². The first-order chi connectivity index (χ1) is 11.1. The normalized spacial score (nSPS) is 11.5. The van der Waals surface area contributed by atoms with Crippen molar-refractivity contribution in [3.63, 3.8) is 0 Å². The lowest BCUT2D eigenvalue weighted by Crippen LogP contribution is -2.18. The fourth-order valence-corrected chi connectivity index (χ4v) is 2.29. The fourth-order valence-electron chi connectivity index (χ4n) is 1.83. The summed E-state index contributed by atoms with van der Waals surface area (Å²) in [6.07, 6.45) is -3.64. The molecule has 0 aromatic carbocycles. The van der Waals surface area contributed by atoms with E-state index in [0.29, 0.717) is 0 Å². The summed E-state index contributed by atoms with van der Waals surface area (Å²) in [7, 11) is 0. The second-order valence-electron chi connectivity index (χ2n) is 4.69. The van der Waals surface area contributed by atoms with Crippen molar-refractivity contribution >= 4 is 33.3 Å². The van der Waals surface area contributed by atoms with Crippen LogP contribution < -0.4 is 5.32 Å². The summed E-state index contributed by atoms with van der Waals surface area (Å²) in [4.78, 5) is 21.8. The molecular weight excluding hydrogens is 401 g/mol. The molecule has 0 saturated carbocycles. The molecule has 0 radical (unpaired) electrons. The molecule has 0 aliphatic rings. The third-order valence-electron chi connectivity index (χ3n) is 2.92. The molecule has 0 bridgehead atoms. The largest absolute Gasteiger partial charge is 0.437 e. The van der Waals surface area contributed by atoms with E-state index in [9.17, 15) is 28.1 Å². The van der Waals surface area contributed by atoms with E-state index in [1.165, 1.54) is 13.1 Å². The highest BCUT2D eigenvalue weighted by molar-refractivity contribution is 9.10. The number of hydrogen-bond acceptors (Lipinski definition) is 5. The average molecular weight is 411 g/mol. The van der Waals surface area contributed by atoms with Gasteiger partial charge in [0, 0.05) is 6.42 Å². The minimum atomic E-state index is -4.71. The highest BCUT2D eigenvalue weighted by Crippen LogP contribution is 2.34. The third-order valence-corrected chi connectivity index (χ3v) is 3.48. The van der Waals surface area contributed by atoms with Gasteiger partial charge in [0.15, 0.2) is 5.69 Å². The standard InChI is InChI=1S/C11H10BrF3N6O3/c1-5-8(9(18-17-5)11(13,14)15)16-7(22)2-3-20-4-6(12)10(19-20)21(23)24/h4H,2-3H2,1H3,(H,16,22)(H,17,18). The molecule has 0 aliphatic carbocycles. The fraction of sp³-hybridized carbons (Fsp3) is 0.364. The monoisotopic (exact) mass is 410 g/mol. The number of carbonyl (C=O) groups excluding carboxylic acids is 1. The molecule has 2 rings (SSSR count). The number of anilines is 1. The molecule has 0 saturated heterocycles. The quantitative estimate of drug-likeness (QED) is 0.579. The molecule has 2 aromatic heterocycles. The molecule has 2 aromatic rings. The number of alkyl halides is 3. The number of H-pyrrole nitrogens is 1. The van der Waals surface area contributed by atoms with Crippen molar-refractivity contribution in [2.45, 2.75) is 26.1 Å².